The van der Waals surface area contributed by atoms with Crippen LogP contribution in [0.5, 0.6) is 0 Å². The van der Waals surface area contributed by atoms with E-state index in [9.17, 15) is 19.4 Å². The van der Waals surface area contributed by atoms with Gasteiger partial charge in [0.1, 0.15) is 13.2 Å². The monoisotopic (exact) mass is 882 g/mol. The lowest BCUT2D eigenvalue weighted by Gasteiger charge is -2.26. The maximum atomic E-state index is 12.9. The quantitative estimate of drug-likeness (QED) is 0.0243. The number of phosphoric acid groups is 1. The van der Waals surface area contributed by atoms with Crippen LogP contribution in [-0.2, 0) is 18.4 Å². The molecular weight excluding hydrogens is 780 g/mol. The van der Waals surface area contributed by atoms with E-state index in [1.54, 1.807) is 0 Å². The summed E-state index contributed by atoms with van der Waals surface area (Å²) in [6, 6.07) is -0.768. The van der Waals surface area contributed by atoms with Crippen LogP contribution < -0.4 is 5.32 Å². The Bertz CT molecular complexity index is 1090. The number of amides is 1. The summed E-state index contributed by atoms with van der Waals surface area (Å²) in [4.78, 5) is 23.3. The molecule has 0 fully saturated rings. The maximum absolute atomic E-state index is 12.9. The number of phosphoric ester groups is 1. The normalized spacial score (nSPS) is 14.4. The fraction of sp³-hybridized carbons (Fsp3) is 0.865. The summed E-state index contributed by atoms with van der Waals surface area (Å²) in [5.74, 6) is -0.156. The molecular formula is C52H102N2O6P+. The van der Waals surface area contributed by atoms with Gasteiger partial charge in [0, 0.05) is 6.42 Å². The number of aliphatic hydroxyl groups excluding tert-OH is 1. The number of unbranched alkanes of at least 4 members (excludes halogenated alkanes) is 28. The number of nitrogens with zero attached hydrogens (tertiary/aromatic N) is 1. The molecule has 0 saturated carbocycles. The van der Waals surface area contributed by atoms with E-state index < -0.39 is 20.0 Å². The molecule has 9 heteroatoms. The number of aliphatic hydroxyl groups is 1. The molecule has 0 aromatic heterocycles. The van der Waals surface area contributed by atoms with E-state index in [-0.39, 0.29) is 19.1 Å². The lowest BCUT2D eigenvalue weighted by molar-refractivity contribution is -0.870. The van der Waals surface area contributed by atoms with Gasteiger partial charge in [0.05, 0.1) is 39.9 Å². The number of rotatable bonds is 47. The largest absolute Gasteiger partial charge is 0.472 e. The van der Waals surface area contributed by atoms with Gasteiger partial charge in [-0.25, -0.2) is 4.57 Å². The highest BCUT2D eigenvalue weighted by Gasteiger charge is 2.28. The minimum absolute atomic E-state index is 0.0716. The zero-order valence-electron chi connectivity index (χ0n) is 40.9. The van der Waals surface area contributed by atoms with Crippen molar-refractivity contribution in [2.24, 2.45) is 0 Å². The number of hydrogen-bond acceptors (Lipinski definition) is 5. The van der Waals surface area contributed by atoms with Crippen LogP contribution in [-0.4, -0.2) is 73.4 Å². The lowest BCUT2D eigenvalue weighted by atomic mass is 10.0. The molecule has 0 rings (SSSR count). The van der Waals surface area contributed by atoms with Gasteiger partial charge in [-0.05, 0) is 51.4 Å². The zero-order chi connectivity index (χ0) is 45.0. The average molecular weight is 882 g/mol. The molecule has 0 aromatic carbocycles. The lowest BCUT2D eigenvalue weighted by Crippen LogP contribution is -2.46. The third-order valence-electron chi connectivity index (χ3n) is 11.6. The fourth-order valence-corrected chi connectivity index (χ4v) is 8.26. The van der Waals surface area contributed by atoms with Crippen LogP contribution in [0.4, 0.5) is 0 Å². The van der Waals surface area contributed by atoms with Crippen LogP contribution in [0.15, 0.2) is 36.5 Å². The van der Waals surface area contributed by atoms with Crippen LogP contribution in [0.25, 0.3) is 0 Å². The zero-order valence-corrected chi connectivity index (χ0v) is 41.8. The van der Waals surface area contributed by atoms with E-state index in [0.29, 0.717) is 23.9 Å². The fourth-order valence-electron chi connectivity index (χ4n) is 7.52. The van der Waals surface area contributed by atoms with Gasteiger partial charge in [-0.1, -0.05) is 217 Å². The standard InChI is InChI=1S/C52H101N2O6P/c1-6-8-10-12-14-16-18-20-22-24-26-28-29-31-33-35-37-39-41-43-45-51(55)50(49-60-61(57,58)59-48-47-54(3,4)5)53-52(56)46-44-42-40-38-36-34-32-30-27-25-23-21-19-17-15-13-11-9-7-2/h15,17,21,23,27,30,50-51,55H,6-14,16,18-20,22,24-26,28-29,31-49H2,1-5H3,(H-,53,56,57,58)/p+1/b17-15-,23-21-,30-27-. The second kappa shape index (κ2) is 43.9. The Balaban J connectivity index is 4.29. The Labute approximate surface area is 378 Å². The van der Waals surface area contributed by atoms with Crippen molar-refractivity contribution in [3.63, 3.8) is 0 Å². The number of carbonyl (C=O) groups is 1. The molecule has 61 heavy (non-hydrogen) atoms. The van der Waals surface area contributed by atoms with Gasteiger partial charge in [-0.2, -0.15) is 0 Å². The van der Waals surface area contributed by atoms with E-state index in [2.05, 4.69) is 55.6 Å². The number of nitrogens with one attached hydrogen (secondary N) is 1. The summed E-state index contributed by atoms with van der Waals surface area (Å²) in [6.45, 7) is 4.87. The Morgan fingerprint density at radius 2 is 0.934 bits per heavy atom. The smallest absolute Gasteiger partial charge is 0.391 e. The Morgan fingerprint density at radius 1 is 0.557 bits per heavy atom. The summed E-state index contributed by atoms with van der Waals surface area (Å²) in [7, 11) is 1.61. The number of hydrogen-bond donors (Lipinski definition) is 3. The van der Waals surface area contributed by atoms with Crippen molar-refractivity contribution in [3.8, 4) is 0 Å². The Kier molecular flexibility index (Phi) is 43.0. The number of carbonyl (C=O) groups excluding carboxylic acids is 1. The molecule has 3 N–H and O–H groups in total. The van der Waals surface area contributed by atoms with Crippen molar-refractivity contribution in [2.75, 3.05) is 40.9 Å². The van der Waals surface area contributed by atoms with E-state index in [1.165, 1.54) is 148 Å². The Morgan fingerprint density at radius 3 is 1.39 bits per heavy atom. The van der Waals surface area contributed by atoms with Crippen molar-refractivity contribution in [2.45, 2.75) is 251 Å². The first-order valence-corrected chi connectivity index (χ1v) is 27.3. The molecule has 360 valence electrons. The van der Waals surface area contributed by atoms with Crippen LogP contribution >= 0.6 is 7.82 Å². The summed E-state index contributed by atoms with van der Waals surface area (Å²) < 4.78 is 23.7. The highest BCUT2D eigenvalue weighted by atomic mass is 31.2. The predicted octanol–water partition coefficient (Wildman–Crippen LogP) is 15.0. The number of allylic oxidation sites excluding steroid dienone is 6. The van der Waals surface area contributed by atoms with E-state index >= 15 is 0 Å². The topological polar surface area (TPSA) is 105 Å². The van der Waals surface area contributed by atoms with Gasteiger partial charge in [0.15, 0.2) is 0 Å². The first-order valence-electron chi connectivity index (χ1n) is 25.9. The van der Waals surface area contributed by atoms with Crippen LogP contribution in [0.2, 0.25) is 0 Å². The second-order valence-corrected chi connectivity index (χ2v) is 20.4. The summed E-state index contributed by atoms with van der Waals surface area (Å²) in [5, 5.41) is 14.0. The molecule has 0 spiro atoms. The molecule has 0 heterocycles. The highest BCUT2D eigenvalue weighted by molar-refractivity contribution is 7.47. The molecule has 8 nitrogen and oxygen atoms in total. The summed E-state index contributed by atoms with van der Waals surface area (Å²) in [5.41, 5.74) is 0. The molecule has 1 amide bonds. The van der Waals surface area contributed by atoms with E-state index in [0.717, 1.165) is 64.2 Å². The molecule has 0 aliphatic heterocycles. The molecule has 0 saturated heterocycles. The molecule has 0 radical (unpaired) electrons. The van der Waals surface area contributed by atoms with E-state index in [1.807, 2.05) is 21.1 Å². The molecule has 0 aliphatic rings. The molecule has 0 bridgehead atoms. The van der Waals surface area contributed by atoms with Crippen LogP contribution in [0.1, 0.15) is 239 Å². The van der Waals surface area contributed by atoms with Crippen molar-refractivity contribution < 1.29 is 32.9 Å². The second-order valence-electron chi connectivity index (χ2n) is 18.9. The first kappa shape index (κ1) is 59.7. The maximum Gasteiger partial charge on any atom is 0.472 e. The number of quaternary nitrogens is 1. The first-order chi connectivity index (χ1) is 29.5. The van der Waals surface area contributed by atoms with Crippen molar-refractivity contribution in [1.29, 1.82) is 0 Å². The SMILES string of the molecule is CCCCC/C=C\C/C=C\C/C=C\CCCCCCCCC(=O)NC(COP(=O)(O)OCC[N+](C)(C)C)C(O)CCCCCCCCCCCCCCCCCCCCCC. The molecule has 3 atom stereocenters. The Hall–Kier alpha value is -1.28. The third-order valence-corrected chi connectivity index (χ3v) is 12.6. The molecule has 3 unspecified atom stereocenters. The molecule has 0 aliphatic carbocycles. The molecule has 0 aromatic rings. The van der Waals surface area contributed by atoms with Gasteiger partial charge in [0.2, 0.25) is 5.91 Å². The number of likely N-dealkylation sites (N-methyl/N-ethyl adjacent to an activating group) is 1. The van der Waals surface area contributed by atoms with Gasteiger partial charge in [-0.15, -0.1) is 0 Å². The van der Waals surface area contributed by atoms with Crippen molar-refractivity contribution in [1.82, 2.24) is 5.32 Å². The third kappa shape index (κ3) is 46.5. The van der Waals surface area contributed by atoms with Gasteiger partial charge >= 0.3 is 7.82 Å². The minimum atomic E-state index is -4.32. The highest BCUT2D eigenvalue weighted by Crippen LogP contribution is 2.43. The minimum Gasteiger partial charge on any atom is -0.391 e. The van der Waals surface area contributed by atoms with Crippen molar-refractivity contribution in [3.05, 3.63) is 36.5 Å². The van der Waals surface area contributed by atoms with E-state index in [4.69, 9.17) is 9.05 Å². The van der Waals surface area contributed by atoms with Gasteiger partial charge < -0.3 is 19.8 Å². The van der Waals surface area contributed by atoms with Gasteiger partial charge in [-0.3, -0.25) is 13.8 Å². The predicted molar refractivity (Wildman–Crippen MR) is 263 cm³/mol. The van der Waals surface area contributed by atoms with Gasteiger partial charge in [0.25, 0.3) is 0 Å². The average Bonchev–Trinajstić information content (AvgIpc) is 3.21. The summed E-state index contributed by atoms with van der Waals surface area (Å²) >= 11 is 0. The summed E-state index contributed by atoms with van der Waals surface area (Å²) in [6.07, 6.45) is 54.6. The van der Waals surface area contributed by atoms with Crippen LogP contribution in [0.3, 0.4) is 0 Å². The van der Waals surface area contributed by atoms with Crippen molar-refractivity contribution >= 4 is 13.7 Å². The van der Waals surface area contributed by atoms with Crippen LogP contribution in [0, 0.1) is 0 Å².